The van der Waals surface area contributed by atoms with Gasteiger partial charge in [-0.3, -0.25) is 10.1 Å². The summed E-state index contributed by atoms with van der Waals surface area (Å²) in [4.78, 5) is 18.8. The summed E-state index contributed by atoms with van der Waals surface area (Å²) in [7, 11) is 0. The predicted molar refractivity (Wildman–Crippen MR) is 74.5 cm³/mol. The average molecular weight is 279 g/mol. The van der Waals surface area contributed by atoms with Crippen molar-refractivity contribution in [1.82, 2.24) is 9.97 Å². The second-order valence-electron chi connectivity index (χ2n) is 3.68. The van der Waals surface area contributed by atoms with Gasteiger partial charge in [0, 0.05) is 18.0 Å². The van der Waals surface area contributed by atoms with E-state index < -0.39 is 4.92 Å². The van der Waals surface area contributed by atoms with Crippen LogP contribution in [0.15, 0.2) is 23.0 Å². The monoisotopic (exact) mass is 279 g/mol. The van der Waals surface area contributed by atoms with Crippen LogP contribution in [0.1, 0.15) is 12.6 Å². The average Bonchev–Trinajstić information content (AvgIpc) is 2.89. The smallest absolute Gasteiger partial charge is 0.311 e. The van der Waals surface area contributed by atoms with Gasteiger partial charge in [0.2, 0.25) is 5.82 Å². The van der Waals surface area contributed by atoms with Crippen molar-refractivity contribution in [3.8, 4) is 0 Å². The van der Waals surface area contributed by atoms with E-state index in [1.807, 2.05) is 12.3 Å². The molecule has 0 atom stereocenters. The van der Waals surface area contributed by atoms with Crippen molar-refractivity contribution in [2.24, 2.45) is 0 Å². The van der Waals surface area contributed by atoms with Crippen molar-refractivity contribution in [2.45, 2.75) is 13.5 Å². The van der Waals surface area contributed by atoms with E-state index >= 15 is 0 Å². The molecule has 0 radical (unpaired) electrons. The molecule has 8 heteroatoms. The van der Waals surface area contributed by atoms with E-state index in [0.29, 0.717) is 18.9 Å². The second kappa shape index (κ2) is 6.10. The molecule has 0 spiro atoms. The lowest BCUT2D eigenvalue weighted by Crippen LogP contribution is -2.07. The summed E-state index contributed by atoms with van der Waals surface area (Å²) in [6, 6.07) is 3.03. The van der Waals surface area contributed by atoms with Crippen LogP contribution in [0.5, 0.6) is 0 Å². The molecule has 2 N–H and O–H groups in total. The minimum absolute atomic E-state index is 0.0446. The van der Waals surface area contributed by atoms with Gasteiger partial charge in [0.15, 0.2) is 0 Å². The molecule has 2 heterocycles. The zero-order valence-electron chi connectivity index (χ0n) is 10.3. The Morgan fingerprint density at radius 2 is 2.26 bits per heavy atom. The lowest BCUT2D eigenvalue weighted by atomic mass is 10.3. The van der Waals surface area contributed by atoms with Gasteiger partial charge in [0.05, 0.1) is 22.7 Å². The highest BCUT2D eigenvalue weighted by Gasteiger charge is 2.15. The van der Waals surface area contributed by atoms with E-state index in [1.165, 1.54) is 17.4 Å². The number of anilines is 2. The molecule has 19 heavy (non-hydrogen) atoms. The summed E-state index contributed by atoms with van der Waals surface area (Å²) < 4.78 is 0. The number of nitrogens with zero attached hydrogens (tertiary/aromatic N) is 3. The molecule has 0 unspecified atom stereocenters. The Bertz CT molecular complexity index is 558. The number of rotatable bonds is 6. The standard InChI is InChI=1S/C11H13N5O2S/c1-2-12-10-4-3-9(16(17)18)11(15-10)13-5-8-6-19-7-14-8/h3-4,6-7H,2,5H2,1H3,(H2,12,13,15). The molecule has 2 rings (SSSR count). The topological polar surface area (TPSA) is 93.0 Å². The molecule has 7 nitrogen and oxygen atoms in total. The summed E-state index contributed by atoms with van der Waals surface area (Å²) in [5.41, 5.74) is 2.50. The first-order chi connectivity index (χ1) is 9.20. The van der Waals surface area contributed by atoms with Crippen molar-refractivity contribution < 1.29 is 4.92 Å². The van der Waals surface area contributed by atoms with Crippen molar-refractivity contribution in [2.75, 3.05) is 17.2 Å². The Balaban J connectivity index is 2.19. The molecule has 0 fully saturated rings. The number of pyridine rings is 1. The van der Waals surface area contributed by atoms with E-state index in [1.54, 1.807) is 11.6 Å². The van der Waals surface area contributed by atoms with Gasteiger partial charge in [0.25, 0.3) is 0 Å². The quantitative estimate of drug-likeness (QED) is 0.623. The van der Waals surface area contributed by atoms with Gasteiger partial charge >= 0.3 is 5.69 Å². The third-order valence-corrected chi connectivity index (χ3v) is 2.98. The van der Waals surface area contributed by atoms with Crippen molar-refractivity contribution in [3.05, 3.63) is 38.8 Å². The van der Waals surface area contributed by atoms with Gasteiger partial charge in [0.1, 0.15) is 5.82 Å². The fraction of sp³-hybridized carbons (Fsp3) is 0.273. The molecule has 0 aliphatic rings. The maximum absolute atomic E-state index is 10.9. The number of thiazole rings is 1. The SMILES string of the molecule is CCNc1ccc([N+](=O)[O-])c(NCc2cscn2)n1. The highest BCUT2D eigenvalue weighted by atomic mass is 32.1. The number of hydrogen-bond acceptors (Lipinski definition) is 7. The first kappa shape index (κ1) is 13.2. The van der Waals surface area contributed by atoms with E-state index in [9.17, 15) is 10.1 Å². The normalized spacial score (nSPS) is 10.2. The Morgan fingerprint density at radius 1 is 1.42 bits per heavy atom. The van der Waals surface area contributed by atoms with Crippen molar-refractivity contribution in [1.29, 1.82) is 0 Å². The summed E-state index contributed by atoms with van der Waals surface area (Å²) >= 11 is 1.48. The van der Waals surface area contributed by atoms with Gasteiger partial charge < -0.3 is 10.6 Å². The van der Waals surface area contributed by atoms with Gasteiger partial charge in [-0.1, -0.05) is 0 Å². The lowest BCUT2D eigenvalue weighted by molar-refractivity contribution is -0.384. The van der Waals surface area contributed by atoms with Crippen LogP contribution in [0, 0.1) is 10.1 Å². The van der Waals surface area contributed by atoms with Crippen LogP contribution in [0.3, 0.4) is 0 Å². The van der Waals surface area contributed by atoms with Crippen LogP contribution in [0.2, 0.25) is 0 Å². The van der Waals surface area contributed by atoms with Gasteiger partial charge in [-0.25, -0.2) is 9.97 Å². The molecule has 2 aromatic rings. The first-order valence-corrected chi connectivity index (χ1v) is 6.65. The van der Waals surface area contributed by atoms with E-state index in [-0.39, 0.29) is 11.5 Å². The summed E-state index contributed by atoms with van der Waals surface area (Å²) in [5, 5.41) is 18.8. The summed E-state index contributed by atoms with van der Waals surface area (Å²) in [6.07, 6.45) is 0. The molecule has 0 saturated heterocycles. The minimum atomic E-state index is -0.452. The highest BCUT2D eigenvalue weighted by Crippen LogP contribution is 2.24. The van der Waals surface area contributed by atoms with Crippen molar-refractivity contribution >= 4 is 28.7 Å². The lowest BCUT2D eigenvalue weighted by Gasteiger charge is -2.07. The molecular formula is C11H13N5O2S. The molecule has 0 bridgehead atoms. The maximum Gasteiger partial charge on any atom is 0.311 e. The molecule has 0 aromatic carbocycles. The molecule has 0 aliphatic heterocycles. The van der Waals surface area contributed by atoms with E-state index in [2.05, 4.69) is 20.6 Å². The van der Waals surface area contributed by atoms with Crippen LogP contribution in [-0.4, -0.2) is 21.4 Å². The Labute approximate surface area is 113 Å². The molecule has 0 amide bonds. The molecule has 0 aliphatic carbocycles. The number of hydrogen-bond donors (Lipinski definition) is 2. The number of aromatic nitrogens is 2. The highest BCUT2D eigenvalue weighted by molar-refractivity contribution is 7.07. The third-order valence-electron chi connectivity index (χ3n) is 2.35. The molecule has 100 valence electrons. The second-order valence-corrected chi connectivity index (χ2v) is 4.40. The van der Waals surface area contributed by atoms with Crippen LogP contribution in [-0.2, 0) is 6.54 Å². The van der Waals surface area contributed by atoms with Crippen molar-refractivity contribution in [3.63, 3.8) is 0 Å². The summed E-state index contributed by atoms with van der Waals surface area (Å²) in [6.45, 7) is 3.05. The Hall–Kier alpha value is -2.22. The zero-order valence-corrected chi connectivity index (χ0v) is 11.1. The fourth-order valence-corrected chi connectivity index (χ4v) is 2.07. The van der Waals surface area contributed by atoms with E-state index in [4.69, 9.17) is 0 Å². The third kappa shape index (κ3) is 3.38. The number of nitro groups is 1. The Morgan fingerprint density at radius 3 is 2.89 bits per heavy atom. The predicted octanol–water partition coefficient (Wildman–Crippen LogP) is 2.49. The zero-order chi connectivity index (χ0) is 13.7. The van der Waals surface area contributed by atoms with Crippen LogP contribution < -0.4 is 10.6 Å². The largest absolute Gasteiger partial charge is 0.370 e. The van der Waals surface area contributed by atoms with E-state index in [0.717, 1.165) is 5.69 Å². The molecular weight excluding hydrogens is 266 g/mol. The van der Waals surface area contributed by atoms with Gasteiger partial charge in [-0.15, -0.1) is 11.3 Å². The molecule has 2 aromatic heterocycles. The Kier molecular flexibility index (Phi) is 4.24. The van der Waals surface area contributed by atoms with Crippen LogP contribution in [0.4, 0.5) is 17.3 Å². The number of nitrogens with one attached hydrogen (secondary N) is 2. The van der Waals surface area contributed by atoms with Crippen LogP contribution >= 0.6 is 11.3 Å². The fourth-order valence-electron chi connectivity index (χ4n) is 1.51. The molecule has 0 saturated carbocycles. The minimum Gasteiger partial charge on any atom is -0.370 e. The maximum atomic E-state index is 10.9. The van der Waals surface area contributed by atoms with Gasteiger partial charge in [-0.2, -0.15) is 0 Å². The van der Waals surface area contributed by atoms with Crippen LogP contribution in [0.25, 0.3) is 0 Å². The first-order valence-electron chi connectivity index (χ1n) is 5.71. The van der Waals surface area contributed by atoms with Gasteiger partial charge in [-0.05, 0) is 13.0 Å². The summed E-state index contributed by atoms with van der Waals surface area (Å²) in [5.74, 6) is 0.852.